The van der Waals surface area contributed by atoms with Gasteiger partial charge in [0.25, 0.3) is 0 Å². The van der Waals surface area contributed by atoms with Crippen molar-refractivity contribution in [3.05, 3.63) is 69.2 Å². The first-order valence-electron chi connectivity index (χ1n) is 9.65. The molecule has 0 radical (unpaired) electrons. The first-order chi connectivity index (χ1) is 13.4. The molecule has 0 N–H and O–H groups in total. The monoisotopic (exact) mass is 396 g/mol. The summed E-state index contributed by atoms with van der Waals surface area (Å²) in [5.41, 5.74) is 5.93. The Morgan fingerprint density at radius 2 is 2.11 bits per heavy atom. The SMILES string of the molecule is C=C(Cn1nc(-c2ccc(F)c(C)c2)cc1CC)N1CCc2nc(C)sc2C1. The zero-order chi connectivity index (χ0) is 19.8. The van der Waals surface area contributed by atoms with Gasteiger partial charge in [0.1, 0.15) is 5.82 Å². The minimum atomic E-state index is -0.185. The summed E-state index contributed by atoms with van der Waals surface area (Å²) < 4.78 is 15.6. The van der Waals surface area contributed by atoms with Crippen LogP contribution in [-0.2, 0) is 25.9 Å². The fourth-order valence-corrected chi connectivity index (χ4v) is 4.69. The summed E-state index contributed by atoms with van der Waals surface area (Å²) in [5, 5.41) is 5.94. The molecule has 0 unspecified atom stereocenters. The van der Waals surface area contributed by atoms with Crippen molar-refractivity contribution >= 4 is 11.3 Å². The predicted octanol–water partition coefficient (Wildman–Crippen LogP) is 4.90. The maximum Gasteiger partial charge on any atom is 0.126 e. The Labute approximate surface area is 169 Å². The van der Waals surface area contributed by atoms with Crippen LogP contribution in [0.2, 0.25) is 0 Å². The Hall–Kier alpha value is -2.47. The zero-order valence-electron chi connectivity index (χ0n) is 16.6. The van der Waals surface area contributed by atoms with E-state index in [0.29, 0.717) is 12.1 Å². The average Bonchev–Trinajstić information content (AvgIpc) is 3.25. The number of benzene rings is 1. The van der Waals surface area contributed by atoms with E-state index in [2.05, 4.69) is 36.4 Å². The molecular formula is C22H25FN4S. The molecule has 28 heavy (non-hydrogen) atoms. The molecule has 3 heterocycles. The summed E-state index contributed by atoms with van der Waals surface area (Å²) in [7, 11) is 0. The molecule has 146 valence electrons. The normalized spacial score (nSPS) is 13.6. The summed E-state index contributed by atoms with van der Waals surface area (Å²) in [5.74, 6) is -0.185. The Kier molecular flexibility index (Phi) is 5.06. The lowest BCUT2D eigenvalue weighted by atomic mass is 10.1. The van der Waals surface area contributed by atoms with Crippen LogP contribution < -0.4 is 0 Å². The quantitative estimate of drug-likeness (QED) is 0.615. The van der Waals surface area contributed by atoms with Crippen LogP contribution in [0.3, 0.4) is 0 Å². The van der Waals surface area contributed by atoms with Gasteiger partial charge in [0.2, 0.25) is 0 Å². The van der Waals surface area contributed by atoms with Crippen molar-refractivity contribution in [1.29, 1.82) is 0 Å². The third-order valence-electron chi connectivity index (χ3n) is 5.30. The highest BCUT2D eigenvalue weighted by atomic mass is 32.1. The predicted molar refractivity (Wildman–Crippen MR) is 112 cm³/mol. The molecule has 1 aromatic carbocycles. The van der Waals surface area contributed by atoms with E-state index in [0.717, 1.165) is 53.6 Å². The molecule has 3 aromatic rings. The van der Waals surface area contributed by atoms with E-state index in [1.807, 2.05) is 10.7 Å². The maximum atomic E-state index is 13.6. The third kappa shape index (κ3) is 3.61. The minimum Gasteiger partial charge on any atom is -0.368 e. The number of aryl methyl sites for hydroxylation is 3. The molecule has 0 atom stereocenters. The molecule has 4 rings (SSSR count). The highest BCUT2D eigenvalue weighted by Gasteiger charge is 2.21. The van der Waals surface area contributed by atoms with Crippen LogP contribution in [0.5, 0.6) is 0 Å². The van der Waals surface area contributed by atoms with E-state index < -0.39 is 0 Å². The number of fused-ring (bicyclic) bond motifs is 1. The van der Waals surface area contributed by atoms with Gasteiger partial charge in [0.05, 0.1) is 29.5 Å². The lowest BCUT2D eigenvalue weighted by Gasteiger charge is -2.30. The molecule has 0 spiro atoms. The highest BCUT2D eigenvalue weighted by Crippen LogP contribution is 2.27. The molecule has 0 amide bonds. The number of halogens is 1. The van der Waals surface area contributed by atoms with Crippen LogP contribution in [0.1, 0.15) is 33.8 Å². The first kappa shape index (κ1) is 18.9. The van der Waals surface area contributed by atoms with Gasteiger partial charge in [-0.2, -0.15) is 5.10 Å². The van der Waals surface area contributed by atoms with E-state index in [4.69, 9.17) is 5.10 Å². The molecule has 0 saturated carbocycles. The van der Waals surface area contributed by atoms with Gasteiger partial charge in [-0.25, -0.2) is 9.37 Å². The highest BCUT2D eigenvalue weighted by molar-refractivity contribution is 7.11. The molecule has 0 bridgehead atoms. The Morgan fingerprint density at radius 1 is 1.29 bits per heavy atom. The first-order valence-corrected chi connectivity index (χ1v) is 10.5. The van der Waals surface area contributed by atoms with E-state index in [1.54, 1.807) is 24.3 Å². The maximum absolute atomic E-state index is 13.6. The van der Waals surface area contributed by atoms with E-state index in [9.17, 15) is 4.39 Å². The second-order valence-electron chi connectivity index (χ2n) is 7.34. The van der Waals surface area contributed by atoms with Crippen LogP contribution in [-0.4, -0.2) is 26.2 Å². The fourth-order valence-electron chi connectivity index (χ4n) is 3.69. The van der Waals surface area contributed by atoms with Crippen molar-refractivity contribution in [2.24, 2.45) is 0 Å². The lowest BCUT2D eigenvalue weighted by Crippen LogP contribution is -2.31. The standard InChI is InChI=1S/C22H25FN4S/c1-5-18-11-21(17-6-7-19(23)14(2)10-17)25-27(18)12-15(3)26-9-8-20-22(13-26)28-16(4)24-20/h6-7,10-11H,3,5,8-9,12-13H2,1-2,4H3. The van der Waals surface area contributed by atoms with Crippen molar-refractivity contribution in [2.75, 3.05) is 6.54 Å². The number of rotatable bonds is 5. The number of thiazole rings is 1. The van der Waals surface area contributed by atoms with Crippen molar-refractivity contribution < 1.29 is 4.39 Å². The molecule has 0 aliphatic carbocycles. The molecular weight excluding hydrogens is 371 g/mol. The Balaban J connectivity index is 1.53. The molecule has 4 nitrogen and oxygen atoms in total. The van der Waals surface area contributed by atoms with Gasteiger partial charge >= 0.3 is 0 Å². The van der Waals surface area contributed by atoms with E-state index in [1.165, 1.54) is 16.6 Å². The molecule has 0 fully saturated rings. The van der Waals surface area contributed by atoms with E-state index >= 15 is 0 Å². The largest absolute Gasteiger partial charge is 0.368 e. The number of allylic oxidation sites excluding steroid dienone is 1. The van der Waals surface area contributed by atoms with Crippen LogP contribution in [0.4, 0.5) is 4.39 Å². The summed E-state index contributed by atoms with van der Waals surface area (Å²) >= 11 is 1.78. The van der Waals surface area contributed by atoms with Gasteiger partial charge in [-0.1, -0.05) is 13.5 Å². The average molecular weight is 397 g/mol. The molecule has 1 aliphatic heterocycles. The number of nitrogens with zero attached hydrogens (tertiary/aromatic N) is 4. The van der Waals surface area contributed by atoms with E-state index in [-0.39, 0.29) is 5.82 Å². The number of hydrogen-bond donors (Lipinski definition) is 0. The molecule has 6 heteroatoms. The van der Waals surface area contributed by atoms with Crippen LogP contribution in [0.15, 0.2) is 36.5 Å². The summed E-state index contributed by atoms with van der Waals surface area (Å²) in [6.45, 7) is 12.8. The van der Waals surface area contributed by atoms with Crippen molar-refractivity contribution in [3.8, 4) is 11.3 Å². The van der Waals surface area contributed by atoms with Crippen LogP contribution in [0.25, 0.3) is 11.3 Å². The number of hydrogen-bond acceptors (Lipinski definition) is 4. The minimum absolute atomic E-state index is 0.185. The number of aromatic nitrogens is 3. The van der Waals surface area contributed by atoms with Gasteiger partial charge in [0, 0.05) is 34.8 Å². The van der Waals surface area contributed by atoms with Gasteiger partial charge in [-0.3, -0.25) is 4.68 Å². The fraction of sp³-hybridized carbons (Fsp3) is 0.364. The Morgan fingerprint density at radius 3 is 2.86 bits per heavy atom. The smallest absolute Gasteiger partial charge is 0.126 e. The molecule has 2 aromatic heterocycles. The summed E-state index contributed by atoms with van der Waals surface area (Å²) in [6, 6.07) is 7.26. The second-order valence-corrected chi connectivity index (χ2v) is 8.62. The second kappa shape index (κ2) is 7.51. The van der Waals surface area contributed by atoms with Crippen molar-refractivity contribution in [2.45, 2.75) is 46.7 Å². The van der Waals surface area contributed by atoms with Crippen molar-refractivity contribution in [3.63, 3.8) is 0 Å². The van der Waals surface area contributed by atoms with Gasteiger partial charge in [0.15, 0.2) is 0 Å². The summed E-state index contributed by atoms with van der Waals surface area (Å²) in [4.78, 5) is 8.31. The van der Waals surface area contributed by atoms with Gasteiger partial charge < -0.3 is 4.90 Å². The molecule has 0 saturated heterocycles. The van der Waals surface area contributed by atoms with Crippen LogP contribution >= 0.6 is 11.3 Å². The topological polar surface area (TPSA) is 34.0 Å². The molecule has 1 aliphatic rings. The van der Waals surface area contributed by atoms with Gasteiger partial charge in [-0.15, -0.1) is 11.3 Å². The zero-order valence-corrected chi connectivity index (χ0v) is 17.4. The Bertz CT molecular complexity index is 1030. The third-order valence-corrected chi connectivity index (χ3v) is 6.29. The van der Waals surface area contributed by atoms with Gasteiger partial charge in [-0.05, 0) is 50.1 Å². The summed E-state index contributed by atoms with van der Waals surface area (Å²) in [6.07, 6.45) is 1.86. The van der Waals surface area contributed by atoms with Crippen LogP contribution in [0, 0.1) is 19.7 Å². The lowest BCUT2D eigenvalue weighted by molar-refractivity contribution is 0.304. The van der Waals surface area contributed by atoms with Crippen molar-refractivity contribution in [1.82, 2.24) is 19.7 Å².